The van der Waals surface area contributed by atoms with E-state index in [9.17, 15) is 9.90 Å². The molecule has 0 atom stereocenters. The zero-order valence-corrected chi connectivity index (χ0v) is 9.70. The summed E-state index contributed by atoms with van der Waals surface area (Å²) in [5.41, 5.74) is 0.486. The number of carbonyl (C=O) groups is 1. The van der Waals surface area contributed by atoms with Crippen LogP contribution in [-0.2, 0) is 4.74 Å². The van der Waals surface area contributed by atoms with E-state index in [1.165, 1.54) is 0 Å². The van der Waals surface area contributed by atoms with Gasteiger partial charge in [0.25, 0.3) is 0 Å². The Hall–Kier alpha value is -2.41. The van der Waals surface area contributed by atoms with Crippen LogP contribution in [0.4, 0.5) is 10.6 Å². The number of hydrogen-bond acceptors (Lipinski definition) is 6. The number of para-hydroxylation sites is 1. The lowest BCUT2D eigenvalue weighted by molar-refractivity contribution is 0.159. The molecule has 0 spiro atoms. The van der Waals surface area contributed by atoms with Crippen molar-refractivity contribution < 1.29 is 14.6 Å². The van der Waals surface area contributed by atoms with Crippen LogP contribution in [-0.4, -0.2) is 27.8 Å². The summed E-state index contributed by atoms with van der Waals surface area (Å²) in [6.45, 7) is 1.86. The molecule has 1 aromatic carbocycles. The van der Waals surface area contributed by atoms with Crippen molar-refractivity contribution in [3.63, 3.8) is 0 Å². The topological polar surface area (TPSA) is 102 Å². The summed E-state index contributed by atoms with van der Waals surface area (Å²) < 4.78 is 4.77. The summed E-state index contributed by atoms with van der Waals surface area (Å²) in [5, 5.41) is 10.7. The van der Waals surface area contributed by atoms with Gasteiger partial charge in [-0.05, 0) is 19.1 Å². The Balaban J connectivity index is 2.52. The van der Waals surface area contributed by atoms with Crippen molar-refractivity contribution in [1.82, 2.24) is 9.97 Å². The fourth-order valence-corrected chi connectivity index (χ4v) is 1.51. The number of hydrogen-bond donors (Lipinski definition) is 2. The van der Waals surface area contributed by atoms with Crippen LogP contribution in [0.15, 0.2) is 24.3 Å². The number of nitrogens with two attached hydrogens (primary N) is 1. The monoisotopic (exact) mass is 248 g/mol. The average Bonchev–Trinajstić information content (AvgIpc) is 2.37. The first-order valence-electron chi connectivity index (χ1n) is 5.30. The Kier molecular flexibility index (Phi) is 3.24. The number of aromatic nitrogens is 2. The van der Waals surface area contributed by atoms with Gasteiger partial charge >= 0.3 is 12.1 Å². The summed E-state index contributed by atoms with van der Waals surface area (Å²) in [6.07, 6.45) is -0.749. The van der Waals surface area contributed by atoms with E-state index in [2.05, 4.69) is 9.97 Å². The first-order chi connectivity index (χ1) is 8.63. The van der Waals surface area contributed by atoms with Gasteiger partial charge in [-0.2, -0.15) is 15.0 Å². The van der Waals surface area contributed by atoms with Crippen molar-refractivity contribution in [2.75, 3.05) is 11.6 Å². The lowest BCUT2D eigenvalue weighted by Gasteiger charge is -2.16. The molecular formula is C11H12N4O3. The van der Waals surface area contributed by atoms with E-state index in [4.69, 9.17) is 10.6 Å². The second-order valence-electron chi connectivity index (χ2n) is 3.43. The molecule has 0 saturated heterocycles. The van der Waals surface area contributed by atoms with Gasteiger partial charge in [0.15, 0.2) is 5.82 Å². The molecule has 0 aliphatic rings. The second kappa shape index (κ2) is 4.84. The van der Waals surface area contributed by atoms with Crippen molar-refractivity contribution in [1.29, 1.82) is 0 Å². The van der Waals surface area contributed by atoms with E-state index in [0.717, 1.165) is 5.01 Å². The molecule has 18 heavy (non-hydrogen) atoms. The number of rotatable bonds is 2. The van der Waals surface area contributed by atoms with Crippen LogP contribution in [0.5, 0.6) is 6.01 Å². The van der Waals surface area contributed by atoms with Gasteiger partial charge in [-0.3, -0.25) is 0 Å². The van der Waals surface area contributed by atoms with Gasteiger partial charge in [0.1, 0.15) is 0 Å². The van der Waals surface area contributed by atoms with Gasteiger partial charge in [-0.15, -0.1) is 0 Å². The van der Waals surface area contributed by atoms with Crippen LogP contribution in [0, 0.1) is 0 Å². The number of aromatic hydroxyl groups is 1. The third-order valence-electron chi connectivity index (χ3n) is 2.26. The molecule has 3 N–H and O–H groups in total. The zero-order chi connectivity index (χ0) is 13.1. The Morgan fingerprint density at radius 1 is 1.44 bits per heavy atom. The Bertz CT molecular complexity index is 588. The molecule has 94 valence electrons. The summed E-state index contributed by atoms with van der Waals surface area (Å²) in [4.78, 5) is 19.1. The number of amides is 1. The van der Waals surface area contributed by atoms with E-state index in [1.807, 2.05) is 0 Å². The quantitative estimate of drug-likeness (QED) is 0.470. The van der Waals surface area contributed by atoms with Gasteiger partial charge < -0.3 is 9.84 Å². The van der Waals surface area contributed by atoms with Crippen LogP contribution >= 0.6 is 0 Å². The third kappa shape index (κ3) is 2.16. The van der Waals surface area contributed by atoms with Gasteiger partial charge in [0.2, 0.25) is 0 Å². The summed E-state index contributed by atoms with van der Waals surface area (Å²) in [6, 6.07) is 6.43. The fraction of sp³-hybridized carbons (Fsp3) is 0.182. The first-order valence-corrected chi connectivity index (χ1v) is 5.30. The fourth-order valence-electron chi connectivity index (χ4n) is 1.51. The molecule has 1 amide bonds. The Labute approximate surface area is 103 Å². The number of carbonyl (C=O) groups excluding carboxylic acids is 1. The number of hydrazine groups is 1. The van der Waals surface area contributed by atoms with E-state index < -0.39 is 12.1 Å². The minimum atomic E-state index is -0.749. The van der Waals surface area contributed by atoms with Crippen molar-refractivity contribution in [3.05, 3.63) is 24.3 Å². The molecule has 0 aliphatic heterocycles. The lowest BCUT2D eigenvalue weighted by Crippen LogP contribution is -2.38. The highest BCUT2D eigenvalue weighted by Gasteiger charge is 2.18. The third-order valence-corrected chi connectivity index (χ3v) is 2.26. The molecule has 0 unspecified atom stereocenters. The Morgan fingerprint density at radius 3 is 2.89 bits per heavy atom. The molecule has 0 saturated carbocycles. The summed E-state index contributed by atoms with van der Waals surface area (Å²) >= 11 is 0. The molecule has 0 aliphatic carbocycles. The molecule has 1 aromatic heterocycles. The number of ether oxygens (including phenoxy) is 1. The molecule has 2 aromatic rings. The van der Waals surface area contributed by atoms with Crippen LogP contribution in [0.2, 0.25) is 0 Å². The van der Waals surface area contributed by atoms with Crippen LogP contribution < -0.4 is 10.9 Å². The largest absolute Gasteiger partial charge is 0.479 e. The van der Waals surface area contributed by atoms with Gasteiger partial charge in [0, 0.05) is 5.39 Å². The molecular weight excluding hydrogens is 236 g/mol. The van der Waals surface area contributed by atoms with E-state index in [0.29, 0.717) is 10.9 Å². The number of nitrogens with zero attached hydrogens (tertiary/aromatic N) is 3. The van der Waals surface area contributed by atoms with Crippen molar-refractivity contribution in [3.8, 4) is 6.01 Å². The standard InChI is InChI=1S/C11H12N4O3/c1-2-18-11(17)15(12)9-7-5-3-4-6-8(7)13-10(16)14-9/h3-6H,2,12H2,1H3,(H,13,14,16). The van der Waals surface area contributed by atoms with Crippen LogP contribution in [0.25, 0.3) is 10.9 Å². The molecule has 7 nitrogen and oxygen atoms in total. The van der Waals surface area contributed by atoms with Gasteiger partial charge in [-0.1, -0.05) is 12.1 Å². The maximum atomic E-state index is 11.5. The van der Waals surface area contributed by atoms with E-state index in [1.54, 1.807) is 31.2 Å². The molecule has 2 rings (SSSR count). The molecule has 7 heteroatoms. The minimum absolute atomic E-state index is 0.0940. The van der Waals surface area contributed by atoms with Gasteiger partial charge in [-0.25, -0.2) is 10.6 Å². The smallest absolute Gasteiger partial charge is 0.430 e. The number of benzene rings is 1. The molecule has 0 radical (unpaired) electrons. The van der Waals surface area contributed by atoms with E-state index in [-0.39, 0.29) is 12.4 Å². The second-order valence-corrected chi connectivity index (χ2v) is 3.43. The highest BCUT2D eigenvalue weighted by molar-refractivity contribution is 5.97. The van der Waals surface area contributed by atoms with Crippen LogP contribution in [0.3, 0.4) is 0 Å². The summed E-state index contributed by atoms with van der Waals surface area (Å²) in [7, 11) is 0. The summed E-state index contributed by atoms with van der Waals surface area (Å²) in [5.74, 6) is 5.71. The predicted octanol–water partition coefficient (Wildman–Crippen LogP) is 1.17. The maximum absolute atomic E-state index is 11.5. The molecule has 0 bridgehead atoms. The predicted molar refractivity (Wildman–Crippen MR) is 64.9 cm³/mol. The van der Waals surface area contributed by atoms with Crippen molar-refractivity contribution >= 4 is 22.8 Å². The SMILES string of the molecule is CCOC(=O)N(N)c1nc(O)nc2ccccc12. The average molecular weight is 248 g/mol. The number of anilines is 1. The normalized spacial score (nSPS) is 10.3. The van der Waals surface area contributed by atoms with Crippen molar-refractivity contribution in [2.45, 2.75) is 6.92 Å². The molecule has 0 fully saturated rings. The van der Waals surface area contributed by atoms with Crippen LogP contribution in [0.1, 0.15) is 6.92 Å². The van der Waals surface area contributed by atoms with E-state index >= 15 is 0 Å². The highest BCUT2D eigenvalue weighted by atomic mass is 16.6. The van der Waals surface area contributed by atoms with Gasteiger partial charge in [0.05, 0.1) is 12.1 Å². The lowest BCUT2D eigenvalue weighted by atomic mass is 10.2. The minimum Gasteiger partial charge on any atom is -0.479 e. The van der Waals surface area contributed by atoms with Crippen molar-refractivity contribution in [2.24, 2.45) is 5.84 Å². The maximum Gasteiger partial charge on any atom is 0.430 e. The number of fused-ring (bicyclic) bond motifs is 1. The highest BCUT2D eigenvalue weighted by Crippen LogP contribution is 2.24. The first kappa shape index (κ1) is 12.1. The zero-order valence-electron chi connectivity index (χ0n) is 9.70. The Morgan fingerprint density at radius 2 is 2.17 bits per heavy atom. The molecule has 1 heterocycles.